The number of aryl methyl sites for hydroxylation is 1. The number of rotatable bonds is 4. The SMILES string of the molecule is CCc1ccc(-c2cc(/C=C/C(C)=O)c(O)c(F)c2F)cc1. The molecule has 0 aliphatic rings. The van der Waals surface area contributed by atoms with Crippen molar-refractivity contribution in [3.8, 4) is 16.9 Å². The summed E-state index contributed by atoms with van der Waals surface area (Å²) in [5.74, 6) is -3.48. The van der Waals surface area contributed by atoms with E-state index in [-0.39, 0.29) is 16.9 Å². The van der Waals surface area contributed by atoms with Crippen LogP contribution >= 0.6 is 0 Å². The molecule has 0 saturated carbocycles. The minimum Gasteiger partial charge on any atom is -0.504 e. The average molecular weight is 302 g/mol. The normalized spacial score (nSPS) is 11.1. The second kappa shape index (κ2) is 6.52. The largest absolute Gasteiger partial charge is 0.504 e. The Kier molecular flexibility index (Phi) is 4.71. The Morgan fingerprint density at radius 1 is 1.18 bits per heavy atom. The molecule has 0 heterocycles. The molecular formula is C18H16F2O2. The van der Waals surface area contributed by atoms with Crippen LogP contribution in [0, 0.1) is 11.6 Å². The molecule has 114 valence electrons. The number of halogens is 2. The molecule has 2 nitrogen and oxygen atoms in total. The minimum absolute atomic E-state index is 0.0427. The van der Waals surface area contributed by atoms with Gasteiger partial charge in [0.1, 0.15) is 0 Å². The van der Waals surface area contributed by atoms with E-state index in [2.05, 4.69) is 0 Å². The molecule has 0 atom stereocenters. The maximum Gasteiger partial charge on any atom is 0.201 e. The van der Waals surface area contributed by atoms with Crippen molar-refractivity contribution in [2.24, 2.45) is 0 Å². The summed E-state index contributed by atoms with van der Waals surface area (Å²) in [6.07, 6.45) is 3.31. The number of benzene rings is 2. The summed E-state index contributed by atoms with van der Waals surface area (Å²) < 4.78 is 27.9. The van der Waals surface area contributed by atoms with Gasteiger partial charge in [0.25, 0.3) is 0 Å². The molecule has 0 amide bonds. The molecule has 0 radical (unpaired) electrons. The third-order valence-electron chi connectivity index (χ3n) is 3.38. The molecule has 2 rings (SSSR count). The quantitative estimate of drug-likeness (QED) is 0.844. The van der Waals surface area contributed by atoms with Gasteiger partial charge in [0, 0.05) is 11.1 Å². The van der Waals surface area contributed by atoms with Crippen molar-refractivity contribution >= 4 is 11.9 Å². The van der Waals surface area contributed by atoms with E-state index in [0.717, 1.165) is 12.0 Å². The third-order valence-corrected chi connectivity index (χ3v) is 3.38. The summed E-state index contributed by atoms with van der Waals surface area (Å²) in [5, 5.41) is 9.67. The fraction of sp³-hybridized carbons (Fsp3) is 0.167. The standard InChI is InChI=1S/C18H16F2O2/c1-3-12-5-8-13(9-6-12)15-10-14(7-4-11(2)21)18(22)17(20)16(15)19/h4-10,22H,3H2,1-2H3/b7-4+. The van der Waals surface area contributed by atoms with Gasteiger partial charge in [-0.2, -0.15) is 4.39 Å². The molecule has 4 heteroatoms. The second-order valence-electron chi connectivity index (χ2n) is 4.98. The van der Waals surface area contributed by atoms with Gasteiger partial charge >= 0.3 is 0 Å². The van der Waals surface area contributed by atoms with E-state index in [1.807, 2.05) is 19.1 Å². The number of aromatic hydroxyl groups is 1. The maximum atomic E-state index is 14.1. The highest BCUT2D eigenvalue weighted by Crippen LogP contribution is 2.33. The van der Waals surface area contributed by atoms with Gasteiger partial charge in [0.05, 0.1) is 0 Å². The van der Waals surface area contributed by atoms with E-state index in [9.17, 15) is 18.7 Å². The number of phenolic OH excluding ortho intramolecular Hbond substituents is 1. The van der Waals surface area contributed by atoms with Crippen LogP contribution in [0.4, 0.5) is 8.78 Å². The van der Waals surface area contributed by atoms with Crippen molar-refractivity contribution in [1.82, 2.24) is 0 Å². The van der Waals surface area contributed by atoms with Gasteiger partial charge in [-0.1, -0.05) is 31.2 Å². The van der Waals surface area contributed by atoms with Crippen molar-refractivity contribution in [1.29, 1.82) is 0 Å². The van der Waals surface area contributed by atoms with Crippen LogP contribution in [-0.4, -0.2) is 10.9 Å². The molecule has 0 unspecified atom stereocenters. The van der Waals surface area contributed by atoms with Gasteiger partial charge in [-0.3, -0.25) is 4.79 Å². The summed E-state index contributed by atoms with van der Waals surface area (Å²) in [5.41, 5.74) is 1.69. The third kappa shape index (κ3) is 3.22. The highest BCUT2D eigenvalue weighted by Gasteiger charge is 2.18. The molecule has 22 heavy (non-hydrogen) atoms. The zero-order chi connectivity index (χ0) is 16.3. The Hall–Kier alpha value is -2.49. The lowest BCUT2D eigenvalue weighted by Gasteiger charge is -2.09. The number of phenols is 1. The first kappa shape index (κ1) is 15.9. The van der Waals surface area contributed by atoms with E-state index in [0.29, 0.717) is 5.56 Å². The van der Waals surface area contributed by atoms with Crippen LogP contribution in [0.25, 0.3) is 17.2 Å². The van der Waals surface area contributed by atoms with Gasteiger partial charge < -0.3 is 5.11 Å². The second-order valence-corrected chi connectivity index (χ2v) is 4.98. The van der Waals surface area contributed by atoms with Crippen LogP contribution in [0.3, 0.4) is 0 Å². The Morgan fingerprint density at radius 3 is 2.36 bits per heavy atom. The predicted molar refractivity (Wildman–Crippen MR) is 82.6 cm³/mol. The Labute approximate surface area is 127 Å². The van der Waals surface area contributed by atoms with Gasteiger partial charge in [0.2, 0.25) is 5.82 Å². The van der Waals surface area contributed by atoms with E-state index in [4.69, 9.17) is 0 Å². The van der Waals surface area contributed by atoms with Crippen molar-refractivity contribution in [3.05, 3.63) is 59.2 Å². The molecule has 0 aliphatic heterocycles. The summed E-state index contributed by atoms with van der Waals surface area (Å²) in [4.78, 5) is 11.0. The molecule has 1 N–H and O–H groups in total. The van der Waals surface area contributed by atoms with Crippen molar-refractivity contribution in [2.75, 3.05) is 0 Å². The predicted octanol–water partition coefficient (Wildman–Crippen LogP) is 4.50. The molecule has 0 spiro atoms. The fourth-order valence-electron chi connectivity index (χ4n) is 2.10. The minimum atomic E-state index is -1.32. The lowest BCUT2D eigenvalue weighted by molar-refractivity contribution is -0.112. The van der Waals surface area contributed by atoms with E-state index < -0.39 is 17.4 Å². The monoisotopic (exact) mass is 302 g/mol. The number of hydrogen-bond acceptors (Lipinski definition) is 2. The van der Waals surface area contributed by atoms with E-state index in [1.54, 1.807) is 12.1 Å². The van der Waals surface area contributed by atoms with Crippen molar-refractivity contribution < 1.29 is 18.7 Å². The fourth-order valence-corrected chi connectivity index (χ4v) is 2.10. The van der Waals surface area contributed by atoms with Crippen molar-refractivity contribution in [2.45, 2.75) is 20.3 Å². The molecule has 0 aromatic heterocycles. The zero-order valence-corrected chi connectivity index (χ0v) is 12.4. The van der Waals surface area contributed by atoms with E-state index >= 15 is 0 Å². The summed E-state index contributed by atoms with van der Waals surface area (Å²) in [7, 11) is 0. The van der Waals surface area contributed by atoms with Crippen molar-refractivity contribution in [3.63, 3.8) is 0 Å². The summed E-state index contributed by atoms with van der Waals surface area (Å²) in [6.45, 7) is 3.33. The molecule has 0 fully saturated rings. The number of allylic oxidation sites excluding steroid dienone is 1. The van der Waals surface area contributed by atoms with Gasteiger partial charge in [-0.15, -0.1) is 0 Å². The van der Waals surface area contributed by atoms with Crippen LogP contribution in [-0.2, 0) is 11.2 Å². The molecule has 2 aromatic carbocycles. The Balaban J connectivity index is 2.57. The first-order valence-corrected chi connectivity index (χ1v) is 6.93. The number of hydrogen-bond donors (Lipinski definition) is 1. The van der Waals surface area contributed by atoms with Gasteiger partial charge in [-0.25, -0.2) is 4.39 Å². The molecule has 0 bridgehead atoms. The highest BCUT2D eigenvalue weighted by molar-refractivity contribution is 5.92. The van der Waals surface area contributed by atoms with Crippen LogP contribution in [0.1, 0.15) is 25.0 Å². The maximum absolute atomic E-state index is 14.1. The summed E-state index contributed by atoms with van der Waals surface area (Å²) >= 11 is 0. The molecule has 0 saturated heterocycles. The van der Waals surface area contributed by atoms with Gasteiger partial charge in [0.15, 0.2) is 17.3 Å². The lowest BCUT2D eigenvalue weighted by Crippen LogP contribution is -1.94. The lowest BCUT2D eigenvalue weighted by atomic mass is 9.99. The number of carbonyl (C=O) groups is 1. The van der Waals surface area contributed by atoms with E-state index in [1.165, 1.54) is 25.1 Å². The smallest absolute Gasteiger partial charge is 0.201 e. The van der Waals surface area contributed by atoms with Crippen LogP contribution in [0.5, 0.6) is 5.75 Å². The topological polar surface area (TPSA) is 37.3 Å². The number of carbonyl (C=O) groups excluding carboxylic acids is 1. The molecular weight excluding hydrogens is 286 g/mol. The molecule has 0 aliphatic carbocycles. The van der Waals surface area contributed by atoms with Crippen LogP contribution < -0.4 is 0 Å². The first-order chi connectivity index (χ1) is 10.4. The van der Waals surface area contributed by atoms with Gasteiger partial charge in [-0.05, 0) is 42.7 Å². The highest BCUT2D eigenvalue weighted by atomic mass is 19.2. The first-order valence-electron chi connectivity index (χ1n) is 6.93. The van der Waals surface area contributed by atoms with Crippen LogP contribution in [0.15, 0.2) is 36.4 Å². The summed E-state index contributed by atoms with van der Waals surface area (Å²) in [6, 6.07) is 8.40. The molecule has 2 aromatic rings. The Bertz CT molecular complexity index is 732. The Morgan fingerprint density at radius 2 is 1.82 bits per heavy atom. The number of ketones is 1. The zero-order valence-electron chi connectivity index (χ0n) is 12.4. The average Bonchev–Trinajstić information content (AvgIpc) is 2.52. The van der Waals surface area contributed by atoms with Crippen LogP contribution in [0.2, 0.25) is 0 Å².